The summed E-state index contributed by atoms with van der Waals surface area (Å²) < 4.78 is 4.95. The zero-order valence-corrected chi connectivity index (χ0v) is 9.99. The van der Waals surface area contributed by atoms with Crippen molar-refractivity contribution in [2.75, 3.05) is 26.8 Å². The fraction of sp³-hybridized carbons (Fsp3) is 0.538. The Balaban J connectivity index is 2.09. The van der Waals surface area contributed by atoms with Crippen molar-refractivity contribution in [2.24, 2.45) is 5.73 Å². The fourth-order valence-electron chi connectivity index (χ4n) is 1.61. The molecule has 0 bridgehead atoms. The largest absolute Gasteiger partial charge is 0.383 e. The maximum Gasteiger partial charge on any atom is 0.0587 e. The minimum absolute atomic E-state index is 0.158. The molecule has 0 heterocycles. The predicted octanol–water partition coefficient (Wildman–Crippen LogP) is 1.70. The summed E-state index contributed by atoms with van der Waals surface area (Å²) in [4.78, 5) is 0. The molecule has 0 spiro atoms. The molecule has 0 saturated carbocycles. The van der Waals surface area contributed by atoms with Crippen molar-refractivity contribution < 1.29 is 4.74 Å². The lowest BCUT2D eigenvalue weighted by Gasteiger charge is -2.11. The van der Waals surface area contributed by atoms with Gasteiger partial charge in [-0.1, -0.05) is 30.3 Å². The first kappa shape index (κ1) is 13.2. The third-order valence-electron chi connectivity index (χ3n) is 2.58. The molecule has 0 radical (unpaired) electrons. The highest BCUT2D eigenvalue weighted by molar-refractivity contribution is 5.18. The van der Waals surface area contributed by atoms with E-state index in [-0.39, 0.29) is 6.04 Å². The standard InChI is InChI=1S/C13H22N2O/c1-16-11-10-15-9-5-8-13(14)12-6-3-2-4-7-12/h2-4,6-7,13,15H,5,8-11,14H2,1H3. The molecule has 0 fully saturated rings. The minimum Gasteiger partial charge on any atom is -0.383 e. The number of benzene rings is 1. The molecular formula is C13H22N2O. The third-order valence-corrected chi connectivity index (χ3v) is 2.58. The van der Waals surface area contributed by atoms with Gasteiger partial charge in [0.1, 0.15) is 0 Å². The summed E-state index contributed by atoms with van der Waals surface area (Å²) in [7, 11) is 1.72. The van der Waals surface area contributed by atoms with Crippen LogP contribution in [0.15, 0.2) is 30.3 Å². The Morgan fingerprint density at radius 3 is 2.69 bits per heavy atom. The van der Waals surface area contributed by atoms with Gasteiger partial charge in [0.25, 0.3) is 0 Å². The van der Waals surface area contributed by atoms with Crippen LogP contribution >= 0.6 is 0 Å². The van der Waals surface area contributed by atoms with Gasteiger partial charge in [0.2, 0.25) is 0 Å². The van der Waals surface area contributed by atoms with Crippen LogP contribution in [0.3, 0.4) is 0 Å². The van der Waals surface area contributed by atoms with Gasteiger partial charge in [-0.3, -0.25) is 0 Å². The normalized spacial score (nSPS) is 12.6. The average Bonchev–Trinajstić information content (AvgIpc) is 2.34. The summed E-state index contributed by atoms with van der Waals surface area (Å²) in [6.07, 6.45) is 2.11. The van der Waals surface area contributed by atoms with Crippen molar-refractivity contribution in [1.29, 1.82) is 0 Å². The van der Waals surface area contributed by atoms with Crippen molar-refractivity contribution in [1.82, 2.24) is 5.32 Å². The van der Waals surface area contributed by atoms with Gasteiger partial charge in [0.15, 0.2) is 0 Å². The van der Waals surface area contributed by atoms with Crippen LogP contribution in [-0.4, -0.2) is 26.8 Å². The Morgan fingerprint density at radius 1 is 1.25 bits per heavy atom. The molecule has 0 amide bonds. The van der Waals surface area contributed by atoms with Gasteiger partial charge in [-0.15, -0.1) is 0 Å². The van der Waals surface area contributed by atoms with E-state index in [0.717, 1.165) is 32.5 Å². The molecule has 1 unspecified atom stereocenters. The Labute approximate surface area is 98.0 Å². The second kappa shape index (κ2) is 8.28. The molecule has 16 heavy (non-hydrogen) atoms. The lowest BCUT2D eigenvalue weighted by molar-refractivity contribution is 0.199. The number of hydrogen-bond donors (Lipinski definition) is 2. The van der Waals surface area contributed by atoms with Gasteiger partial charge in [-0.2, -0.15) is 0 Å². The molecule has 3 heteroatoms. The maximum atomic E-state index is 6.08. The Morgan fingerprint density at radius 2 is 2.00 bits per heavy atom. The summed E-state index contributed by atoms with van der Waals surface area (Å²) in [6.45, 7) is 2.69. The number of hydrogen-bond acceptors (Lipinski definition) is 3. The SMILES string of the molecule is COCCNCCCC(N)c1ccccc1. The van der Waals surface area contributed by atoms with Gasteiger partial charge in [0, 0.05) is 19.7 Å². The number of nitrogens with two attached hydrogens (primary N) is 1. The zero-order chi connectivity index (χ0) is 11.6. The van der Waals surface area contributed by atoms with Crippen LogP contribution in [-0.2, 0) is 4.74 Å². The van der Waals surface area contributed by atoms with Crippen molar-refractivity contribution in [3.8, 4) is 0 Å². The molecule has 1 rings (SSSR count). The lowest BCUT2D eigenvalue weighted by atomic mass is 10.0. The smallest absolute Gasteiger partial charge is 0.0587 e. The molecule has 90 valence electrons. The van der Waals surface area contributed by atoms with Crippen LogP contribution in [0, 0.1) is 0 Å². The van der Waals surface area contributed by atoms with E-state index in [1.165, 1.54) is 5.56 Å². The molecule has 1 aromatic carbocycles. The van der Waals surface area contributed by atoms with Crippen molar-refractivity contribution in [2.45, 2.75) is 18.9 Å². The molecule has 0 saturated heterocycles. The molecule has 1 aromatic rings. The van der Waals surface area contributed by atoms with Crippen LogP contribution in [0.1, 0.15) is 24.4 Å². The highest BCUT2D eigenvalue weighted by atomic mass is 16.5. The van der Waals surface area contributed by atoms with Gasteiger partial charge >= 0.3 is 0 Å². The second-order valence-corrected chi connectivity index (χ2v) is 3.90. The first-order chi connectivity index (χ1) is 7.84. The summed E-state index contributed by atoms with van der Waals surface area (Å²) in [5, 5.41) is 3.31. The molecule has 0 aliphatic heterocycles. The Hall–Kier alpha value is -0.900. The summed E-state index contributed by atoms with van der Waals surface area (Å²) >= 11 is 0. The fourth-order valence-corrected chi connectivity index (χ4v) is 1.61. The topological polar surface area (TPSA) is 47.3 Å². The van der Waals surface area contributed by atoms with E-state index in [4.69, 9.17) is 10.5 Å². The quantitative estimate of drug-likeness (QED) is 0.658. The number of nitrogens with one attached hydrogen (secondary N) is 1. The van der Waals surface area contributed by atoms with Crippen LogP contribution in [0.4, 0.5) is 0 Å². The van der Waals surface area contributed by atoms with Gasteiger partial charge in [-0.25, -0.2) is 0 Å². The molecule has 0 aliphatic carbocycles. The van der Waals surface area contributed by atoms with E-state index < -0.39 is 0 Å². The lowest BCUT2D eigenvalue weighted by Crippen LogP contribution is -2.21. The van der Waals surface area contributed by atoms with Gasteiger partial charge in [0.05, 0.1) is 6.61 Å². The Bertz CT molecular complexity index is 264. The van der Waals surface area contributed by atoms with Crippen molar-refractivity contribution in [3.05, 3.63) is 35.9 Å². The van der Waals surface area contributed by atoms with Crippen molar-refractivity contribution >= 4 is 0 Å². The van der Waals surface area contributed by atoms with Crippen LogP contribution in [0.2, 0.25) is 0 Å². The first-order valence-corrected chi connectivity index (χ1v) is 5.84. The first-order valence-electron chi connectivity index (χ1n) is 5.84. The van der Waals surface area contributed by atoms with Crippen LogP contribution in [0.25, 0.3) is 0 Å². The summed E-state index contributed by atoms with van der Waals surface area (Å²) in [6, 6.07) is 10.4. The van der Waals surface area contributed by atoms with E-state index in [1.54, 1.807) is 7.11 Å². The molecular weight excluding hydrogens is 200 g/mol. The van der Waals surface area contributed by atoms with Gasteiger partial charge < -0.3 is 15.8 Å². The molecule has 1 atom stereocenters. The van der Waals surface area contributed by atoms with E-state index in [1.807, 2.05) is 18.2 Å². The third kappa shape index (κ3) is 5.26. The predicted molar refractivity (Wildman–Crippen MR) is 67.4 cm³/mol. The minimum atomic E-state index is 0.158. The van der Waals surface area contributed by atoms with Gasteiger partial charge in [-0.05, 0) is 24.9 Å². The molecule has 3 N–H and O–H groups in total. The Kier molecular flexibility index (Phi) is 6.81. The summed E-state index contributed by atoms with van der Waals surface area (Å²) in [5.74, 6) is 0. The number of ether oxygens (including phenoxy) is 1. The second-order valence-electron chi connectivity index (χ2n) is 3.90. The number of methoxy groups -OCH3 is 1. The van der Waals surface area contributed by atoms with E-state index in [9.17, 15) is 0 Å². The molecule has 0 aliphatic rings. The summed E-state index contributed by atoms with van der Waals surface area (Å²) in [5.41, 5.74) is 7.31. The zero-order valence-electron chi connectivity index (χ0n) is 9.99. The monoisotopic (exact) mass is 222 g/mol. The molecule has 0 aromatic heterocycles. The van der Waals surface area contributed by atoms with Crippen LogP contribution in [0.5, 0.6) is 0 Å². The van der Waals surface area contributed by atoms with E-state index >= 15 is 0 Å². The van der Waals surface area contributed by atoms with E-state index in [2.05, 4.69) is 17.4 Å². The highest BCUT2D eigenvalue weighted by Crippen LogP contribution is 2.14. The maximum absolute atomic E-state index is 6.08. The van der Waals surface area contributed by atoms with Crippen LogP contribution < -0.4 is 11.1 Å². The van der Waals surface area contributed by atoms with E-state index in [0.29, 0.717) is 0 Å². The molecule has 3 nitrogen and oxygen atoms in total. The average molecular weight is 222 g/mol. The number of rotatable bonds is 8. The van der Waals surface area contributed by atoms with Crippen molar-refractivity contribution in [3.63, 3.8) is 0 Å². The highest BCUT2D eigenvalue weighted by Gasteiger charge is 2.03.